The highest BCUT2D eigenvalue weighted by atomic mass is 35.5. The van der Waals surface area contributed by atoms with Gasteiger partial charge in [-0.2, -0.15) is 0 Å². The highest BCUT2D eigenvalue weighted by Crippen LogP contribution is 2.27. The van der Waals surface area contributed by atoms with Crippen molar-refractivity contribution in [3.63, 3.8) is 0 Å². The van der Waals surface area contributed by atoms with E-state index in [1.54, 1.807) is 18.2 Å². The van der Waals surface area contributed by atoms with Crippen LogP contribution in [0.3, 0.4) is 0 Å². The minimum Gasteiger partial charge on any atom is -0.369 e. The Labute approximate surface area is 166 Å². The highest BCUT2D eigenvalue weighted by molar-refractivity contribution is 6.32. The minimum absolute atomic E-state index is 0.0240. The number of hydrogen-bond acceptors (Lipinski definition) is 4. The first kappa shape index (κ1) is 19.8. The number of nitro benzene ring substituents is 1. The van der Waals surface area contributed by atoms with Gasteiger partial charge in [0.1, 0.15) is 10.8 Å². The van der Waals surface area contributed by atoms with E-state index in [0.717, 1.165) is 32.4 Å². The molecule has 1 N–H and O–H groups in total. The quantitative estimate of drug-likeness (QED) is 0.431. The fourth-order valence-corrected chi connectivity index (χ4v) is 3.29. The van der Waals surface area contributed by atoms with Gasteiger partial charge < -0.3 is 10.2 Å². The Kier molecular flexibility index (Phi) is 6.26. The first-order valence-electron chi connectivity index (χ1n) is 8.91. The van der Waals surface area contributed by atoms with E-state index in [1.807, 2.05) is 4.90 Å². The third-order valence-corrected chi connectivity index (χ3v) is 4.83. The number of amides is 1. The molecule has 0 radical (unpaired) electrons. The van der Waals surface area contributed by atoms with Gasteiger partial charge in [0.2, 0.25) is 5.91 Å². The van der Waals surface area contributed by atoms with Crippen molar-refractivity contribution in [2.45, 2.75) is 19.3 Å². The van der Waals surface area contributed by atoms with Gasteiger partial charge in [0.15, 0.2) is 0 Å². The maximum Gasteiger partial charge on any atom is 0.288 e. The lowest BCUT2D eigenvalue weighted by atomic mass is 10.1. The van der Waals surface area contributed by atoms with E-state index in [-0.39, 0.29) is 16.5 Å². The molecule has 0 bridgehead atoms. The van der Waals surface area contributed by atoms with Crippen LogP contribution in [-0.4, -0.2) is 23.9 Å². The molecular weight excluding hydrogens is 385 g/mol. The third-order valence-electron chi connectivity index (χ3n) is 4.51. The third kappa shape index (κ3) is 4.86. The molecule has 2 aromatic rings. The molecule has 0 aromatic heterocycles. The second-order valence-corrected chi connectivity index (χ2v) is 6.91. The number of nitro groups is 1. The largest absolute Gasteiger partial charge is 0.369 e. The lowest BCUT2D eigenvalue weighted by Crippen LogP contribution is -2.30. The lowest BCUT2D eigenvalue weighted by molar-refractivity contribution is -0.384. The van der Waals surface area contributed by atoms with E-state index < -0.39 is 10.8 Å². The molecule has 1 heterocycles. The van der Waals surface area contributed by atoms with Crippen LogP contribution in [0.1, 0.15) is 24.8 Å². The molecule has 0 unspecified atom stereocenters. The van der Waals surface area contributed by atoms with Crippen molar-refractivity contribution in [1.82, 2.24) is 0 Å². The summed E-state index contributed by atoms with van der Waals surface area (Å²) < 4.78 is 14.4. The van der Waals surface area contributed by atoms with Crippen molar-refractivity contribution in [2.75, 3.05) is 23.3 Å². The van der Waals surface area contributed by atoms with Gasteiger partial charge >= 0.3 is 0 Å². The monoisotopic (exact) mass is 403 g/mol. The number of carbonyl (C=O) groups is 1. The fraction of sp³-hybridized carbons (Fsp3) is 0.250. The van der Waals surface area contributed by atoms with Crippen LogP contribution >= 0.6 is 11.6 Å². The number of nitrogens with one attached hydrogen (secondary N) is 1. The number of piperidine rings is 1. The molecule has 0 saturated carbocycles. The van der Waals surface area contributed by atoms with Gasteiger partial charge in [-0.05, 0) is 55.2 Å². The summed E-state index contributed by atoms with van der Waals surface area (Å²) >= 11 is 5.76. The van der Waals surface area contributed by atoms with Gasteiger partial charge in [-0.25, -0.2) is 4.39 Å². The summed E-state index contributed by atoms with van der Waals surface area (Å²) in [7, 11) is 0. The van der Waals surface area contributed by atoms with Gasteiger partial charge in [-0.15, -0.1) is 0 Å². The molecule has 146 valence electrons. The highest BCUT2D eigenvalue weighted by Gasteiger charge is 2.15. The molecule has 2 aromatic carbocycles. The van der Waals surface area contributed by atoms with E-state index in [2.05, 4.69) is 5.32 Å². The van der Waals surface area contributed by atoms with E-state index in [0.29, 0.717) is 16.9 Å². The zero-order valence-corrected chi connectivity index (χ0v) is 15.8. The summed E-state index contributed by atoms with van der Waals surface area (Å²) in [6, 6.07) is 8.86. The number of benzene rings is 2. The summed E-state index contributed by atoms with van der Waals surface area (Å²) in [4.78, 5) is 24.4. The zero-order chi connectivity index (χ0) is 20.1. The van der Waals surface area contributed by atoms with Gasteiger partial charge in [-0.1, -0.05) is 17.7 Å². The summed E-state index contributed by atoms with van der Waals surface area (Å²) in [6.07, 6.45) is 5.91. The van der Waals surface area contributed by atoms with Crippen LogP contribution in [0.5, 0.6) is 0 Å². The zero-order valence-electron chi connectivity index (χ0n) is 15.0. The van der Waals surface area contributed by atoms with Crippen molar-refractivity contribution >= 4 is 40.6 Å². The second kappa shape index (κ2) is 8.84. The first-order valence-corrected chi connectivity index (χ1v) is 9.29. The van der Waals surface area contributed by atoms with Crippen LogP contribution < -0.4 is 10.2 Å². The second-order valence-electron chi connectivity index (χ2n) is 6.50. The van der Waals surface area contributed by atoms with Crippen LogP contribution in [0.4, 0.5) is 21.5 Å². The fourth-order valence-electron chi connectivity index (χ4n) is 3.11. The molecule has 1 fully saturated rings. The molecule has 1 saturated heterocycles. The maximum atomic E-state index is 14.4. The Bertz CT molecular complexity index is 927. The average molecular weight is 404 g/mol. The van der Waals surface area contributed by atoms with Crippen LogP contribution in [0.15, 0.2) is 42.5 Å². The van der Waals surface area contributed by atoms with Crippen molar-refractivity contribution in [1.29, 1.82) is 0 Å². The van der Waals surface area contributed by atoms with Crippen molar-refractivity contribution < 1.29 is 14.1 Å². The first-order chi connectivity index (χ1) is 13.4. The number of carbonyl (C=O) groups excluding carboxylic acids is 1. The topological polar surface area (TPSA) is 75.5 Å². The van der Waals surface area contributed by atoms with Gasteiger partial charge in [0.05, 0.1) is 10.6 Å². The van der Waals surface area contributed by atoms with Crippen LogP contribution in [0.2, 0.25) is 5.02 Å². The Balaban J connectivity index is 1.66. The van der Waals surface area contributed by atoms with Gasteiger partial charge in [0, 0.05) is 30.9 Å². The molecule has 0 aliphatic carbocycles. The molecular formula is C20H19ClFN3O3. The van der Waals surface area contributed by atoms with Crippen LogP contribution in [0.25, 0.3) is 6.08 Å². The van der Waals surface area contributed by atoms with Gasteiger partial charge in [-0.3, -0.25) is 14.9 Å². The molecule has 8 heteroatoms. The SMILES string of the molecule is O=C(/C=C/c1ccc(Cl)c([N+](=O)[O-])c1)Nc1ccc(N2CCCCC2)c(F)c1. The lowest BCUT2D eigenvalue weighted by Gasteiger charge is -2.29. The molecule has 1 aliphatic heterocycles. The summed E-state index contributed by atoms with van der Waals surface area (Å²) in [5.74, 6) is -0.847. The number of hydrogen-bond donors (Lipinski definition) is 1. The number of nitrogens with zero attached hydrogens (tertiary/aromatic N) is 2. The molecule has 0 spiro atoms. The molecule has 6 nitrogen and oxygen atoms in total. The van der Waals surface area contributed by atoms with Crippen molar-refractivity contribution in [2.24, 2.45) is 0 Å². The predicted molar refractivity (Wildman–Crippen MR) is 108 cm³/mol. The van der Waals surface area contributed by atoms with Crippen LogP contribution in [-0.2, 0) is 4.79 Å². The smallest absolute Gasteiger partial charge is 0.288 e. The van der Waals surface area contributed by atoms with E-state index >= 15 is 0 Å². The molecule has 1 amide bonds. The minimum atomic E-state index is -0.591. The Morgan fingerprint density at radius 1 is 1.18 bits per heavy atom. The summed E-state index contributed by atoms with van der Waals surface area (Å²) in [5.41, 5.74) is 1.11. The van der Waals surface area contributed by atoms with E-state index in [1.165, 1.54) is 30.4 Å². The van der Waals surface area contributed by atoms with Crippen molar-refractivity contribution in [3.05, 3.63) is 69.0 Å². The number of rotatable bonds is 5. The summed E-state index contributed by atoms with van der Waals surface area (Å²) in [5, 5.41) is 13.5. The number of halogens is 2. The Morgan fingerprint density at radius 3 is 2.61 bits per heavy atom. The molecule has 0 atom stereocenters. The average Bonchev–Trinajstić information content (AvgIpc) is 2.68. The molecule has 28 heavy (non-hydrogen) atoms. The van der Waals surface area contributed by atoms with Crippen LogP contribution in [0, 0.1) is 15.9 Å². The van der Waals surface area contributed by atoms with Gasteiger partial charge in [0.25, 0.3) is 5.69 Å². The Hall–Kier alpha value is -2.93. The standard InChI is InChI=1S/C20H19ClFN3O3/c21-16-7-4-14(12-19(16)25(27)28)5-9-20(26)23-15-6-8-18(17(22)13-15)24-10-2-1-3-11-24/h4-9,12-13H,1-3,10-11H2,(H,23,26)/b9-5+. The predicted octanol–water partition coefficient (Wildman–Crippen LogP) is 5.03. The van der Waals surface area contributed by atoms with E-state index in [4.69, 9.17) is 11.6 Å². The number of anilines is 2. The Morgan fingerprint density at radius 2 is 1.93 bits per heavy atom. The maximum absolute atomic E-state index is 14.4. The molecule has 3 rings (SSSR count). The summed E-state index contributed by atoms with van der Waals surface area (Å²) in [6.45, 7) is 1.66. The van der Waals surface area contributed by atoms with Crippen molar-refractivity contribution in [3.8, 4) is 0 Å². The van der Waals surface area contributed by atoms with E-state index in [9.17, 15) is 19.3 Å². The molecule has 1 aliphatic rings. The normalized spacial score (nSPS) is 14.3.